The van der Waals surface area contributed by atoms with Crippen LogP contribution in [0.1, 0.15) is 33.6 Å². The Labute approximate surface area is 80.9 Å². The summed E-state index contributed by atoms with van der Waals surface area (Å²) in [6.07, 6.45) is 1.31. The normalized spacial score (nSPS) is 16.9. The fraction of sp³-hybridized carbons (Fsp3) is 1.00. The molecule has 5 heteroatoms. The summed E-state index contributed by atoms with van der Waals surface area (Å²) in [4.78, 5) is 0. The van der Waals surface area contributed by atoms with Crippen molar-refractivity contribution in [3.05, 3.63) is 0 Å². The van der Waals surface area contributed by atoms with Crippen LogP contribution >= 0.6 is 0 Å². The molecule has 0 aliphatic carbocycles. The Morgan fingerprint density at radius 1 is 1.38 bits per heavy atom. The molecule has 0 radical (unpaired) electrons. The molecule has 0 fully saturated rings. The molecule has 0 aromatic carbocycles. The van der Waals surface area contributed by atoms with Gasteiger partial charge in [0.2, 0.25) is 10.0 Å². The molecule has 0 aliphatic rings. The number of sulfonamides is 1. The van der Waals surface area contributed by atoms with Gasteiger partial charge in [0, 0.05) is 12.1 Å². The van der Waals surface area contributed by atoms with Crippen molar-refractivity contribution in [3.8, 4) is 0 Å². The third kappa shape index (κ3) is 6.98. The van der Waals surface area contributed by atoms with E-state index >= 15 is 0 Å². The predicted octanol–water partition coefficient (Wildman–Crippen LogP) is 0.442. The van der Waals surface area contributed by atoms with Gasteiger partial charge in [-0.15, -0.1) is 0 Å². The quantitative estimate of drug-likeness (QED) is 0.665. The van der Waals surface area contributed by atoms with Crippen molar-refractivity contribution in [2.75, 3.05) is 5.75 Å². The summed E-state index contributed by atoms with van der Waals surface area (Å²) in [7, 11) is -3.08. The lowest BCUT2D eigenvalue weighted by Gasteiger charge is -2.15. The number of nitrogens with one attached hydrogen (secondary N) is 1. The average molecular weight is 208 g/mol. The molecule has 80 valence electrons. The van der Waals surface area contributed by atoms with E-state index in [1.807, 2.05) is 20.8 Å². The van der Waals surface area contributed by atoms with E-state index < -0.39 is 10.0 Å². The van der Waals surface area contributed by atoms with Crippen LogP contribution in [-0.2, 0) is 10.0 Å². The molecule has 0 bridgehead atoms. The summed E-state index contributed by atoms with van der Waals surface area (Å²) in [5, 5.41) is 0. The fourth-order valence-electron chi connectivity index (χ4n) is 1.24. The first-order valence-electron chi connectivity index (χ1n) is 4.63. The summed E-state index contributed by atoms with van der Waals surface area (Å²) in [5.41, 5.74) is 5.55. The Hall–Kier alpha value is -0.130. The maximum Gasteiger partial charge on any atom is 0.211 e. The lowest BCUT2D eigenvalue weighted by Crippen LogP contribution is -2.37. The van der Waals surface area contributed by atoms with Crippen molar-refractivity contribution < 1.29 is 8.42 Å². The van der Waals surface area contributed by atoms with E-state index in [4.69, 9.17) is 5.73 Å². The van der Waals surface area contributed by atoms with E-state index in [0.29, 0.717) is 12.8 Å². The summed E-state index contributed by atoms with van der Waals surface area (Å²) < 4.78 is 25.1. The molecular weight excluding hydrogens is 188 g/mol. The van der Waals surface area contributed by atoms with Crippen LogP contribution in [0.5, 0.6) is 0 Å². The second-order valence-corrected chi connectivity index (χ2v) is 5.42. The Morgan fingerprint density at radius 3 is 2.31 bits per heavy atom. The molecule has 0 amide bonds. The Balaban J connectivity index is 3.97. The third-order valence-electron chi connectivity index (χ3n) is 1.58. The Bertz CT molecular complexity index is 224. The van der Waals surface area contributed by atoms with Crippen LogP contribution in [0, 0.1) is 0 Å². The fourth-order valence-corrected chi connectivity index (χ4v) is 2.60. The third-order valence-corrected chi connectivity index (χ3v) is 3.29. The molecule has 0 aliphatic heterocycles. The van der Waals surface area contributed by atoms with Gasteiger partial charge in [0.1, 0.15) is 0 Å². The number of hydrogen-bond donors (Lipinski definition) is 2. The number of nitrogens with two attached hydrogens (primary N) is 1. The van der Waals surface area contributed by atoms with Crippen molar-refractivity contribution in [1.82, 2.24) is 4.72 Å². The van der Waals surface area contributed by atoms with Gasteiger partial charge >= 0.3 is 0 Å². The number of hydrogen-bond acceptors (Lipinski definition) is 3. The van der Waals surface area contributed by atoms with Crippen molar-refractivity contribution >= 4 is 10.0 Å². The van der Waals surface area contributed by atoms with Crippen LogP contribution in [0.25, 0.3) is 0 Å². The second-order valence-electron chi connectivity index (χ2n) is 3.55. The maximum atomic E-state index is 11.3. The average Bonchev–Trinajstić information content (AvgIpc) is 1.81. The van der Waals surface area contributed by atoms with E-state index in [1.54, 1.807) is 0 Å². The van der Waals surface area contributed by atoms with Crippen LogP contribution in [-0.4, -0.2) is 26.3 Å². The van der Waals surface area contributed by atoms with Crippen LogP contribution in [0.2, 0.25) is 0 Å². The highest BCUT2D eigenvalue weighted by molar-refractivity contribution is 7.89. The highest BCUT2D eigenvalue weighted by atomic mass is 32.2. The smallest absolute Gasteiger partial charge is 0.211 e. The molecule has 2 unspecified atom stereocenters. The first kappa shape index (κ1) is 12.9. The summed E-state index contributed by atoms with van der Waals surface area (Å²) >= 11 is 0. The molecule has 13 heavy (non-hydrogen) atoms. The first-order valence-corrected chi connectivity index (χ1v) is 6.28. The number of rotatable bonds is 6. The van der Waals surface area contributed by atoms with E-state index in [1.165, 1.54) is 0 Å². The van der Waals surface area contributed by atoms with Crippen LogP contribution < -0.4 is 10.5 Å². The van der Waals surface area contributed by atoms with Gasteiger partial charge in [0.15, 0.2) is 0 Å². The van der Waals surface area contributed by atoms with Gasteiger partial charge in [-0.3, -0.25) is 0 Å². The highest BCUT2D eigenvalue weighted by Gasteiger charge is 2.13. The second kappa shape index (κ2) is 5.57. The van der Waals surface area contributed by atoms with Crippen LogP contribution in [0.15, 0.2) is 0 Å². The first-order chi connectivity index (χ1) is 5.87. The Kier molecular flexibility index (Phi) is 5.51. The standard InChI is InChI=1S/C8H20N2O2S/c1-4-5-13(11,12)10-8(3)6-7(2)9/h7-8,10H,4-6,9H2,1-3H3. The minimum Gasteiger partial charge on any atom is -0.328 e. The van der Waals surface area contributed by atoms with E-state index in [9.17, 15) is 8.42 Å². The van der Waals surface area contributed by atoms with Crippen LogP contribution in [0.4, 0.5) is 0 Å². The summed E-state index contributed by atoms with van der Waals surface area (Å²) in [5.74, 6) is 0.191. The zero-order valence-corrected chi connectivity index (χ0v) is 9.39. The molecule has 0 saturated heterocycles. The molecule has 0 saturated carbocycles. The van der Waals surface area contributed by atoms with Gasteiger partial charge in [0.05, 0.1) is 5.75 Å². The largest absolute Gasteiger partial charge is 0.328 e. The molecule has 0 heterocycles. The maximum absolute atomic E-state index is 11.3. The summed E-state index contributed by atoms with van der Waals surface area (Å²) in [6.45, 7) is 5.54. The van der Waals surface area contributed by atoms with Gasteiger partial charge < -0.3 is 5.73 Å². The topological polar surface area (TPSA) is 72.2 Å². The van der Waals surface area contributed by atoms with E-state index in [2.05, 4.69) is 4.72 Å². The zero-order valence-electron chi connectivity index (χ0n) is 8.58. The van der Waals surface area contributed by atoms with Gasteiger partial charge in [-0.1, -0.05) is 6.92 Å². The predicted molar refractivity (Wildman–Crippen MR) is 54.9 cm³/mol. The van der Waals surface area contributed by atoms with Gasteiger partial charge in [-0.2, -0.15) is 0 Å². The molecule has 2 atom stereocenters. The minimum atomic E-state index is -3.08. The zero-order chi connectivity index (χ0) is 10.5. The lowest BCUT2D eigenvalue weighted by molar-refractivity contribution is 0.519. The van der Waals surface area contributed by atoms with Gasteiger partial charge in [-0.05, 0) is 26.7 Å². The molecule has 0 rings (SSSR count). The van der Waals surface area contributed by atoms with Crippen molar-refractivity contribution in [3.63, 3.8) is 0 Å². The van der Waals surface area contributed by atoms with Crippen molar-refractivity contribution in [2.45, 2.75) is 45.7 Å². The van der Waals surface area contributed by atoms with E-state index in [-0.39, 0.29) is 17.8 Å². The van der Waals surface area contributed by atoms with E-state index in [0.717, 1.165) is 0 Å². The molecule has 3 N–H and O–H groups in total. The molecule has 0 aromatic rings. The molecule has 0 aromatic heterocycles. The molecule has 4 nitrogen and oxygen atoms in total. The van der Waals surface area contributed by atoms with Gasteiger partial charge in [-0.25, -0.2) is 13.1 Å². The SMILES string of the molecule is CCCS(=O)(=O)NC(C)CC(C)N. The molecule has 0 spiro atoms. The monoisotopic (exact) mass is 208 g/mol. The summed E-state index contributed by atoms with van der Waals surface area (Å²) in [6, 6.07) is -0.0455. The van der Waals surface area contributed by atoms with Crippen molar-refractivity contribution in [1.29, 1.82) is 0 Å². The Morgan fingerprint density at radius 2 is 1.92 bits per heavy atom. The van der Waals surface area contributed by atoms with Gasteiger partial charge in [0.25, 0.3) is 0 Å². The van der Waals surface area contributed by atoms with Crippen LogP contribution in [0.3, 0.4) is 0 Å². The van der Waals surface area contributed by atoms with Crippen molar-refractivity contribution in [2.24, 2.45) is 5.73 Å². The minimum absolute atomic E-state index is 0.0272. The molecular formula is C8H20N2O2S. The lowest BCUT2D eigenvalue weighted by atomic mass is 10.1. The highest BCUT2D eigenvalue weighted by Crippen LogP contribution is 1.98.